The summed E-state index contributed by atoms with van der Waals surface area (Å²) in [5.74, 6) is 0.768. The van der Waals surface area contributed by atoms with Crippen molar-refractivity contribution in [1.29, 1.82) is 0 Å². The lowest BCUT2D eigenvalue weighted by atomic mass is 9.87. The number of hydrogen-bond acceptors (Lipinski definition) is 18. The van der Waals surface area contributed by atoms with Crippen LogP contribution in [0.3, 0.4) is 0 Å². The Balaban J connectivity index is -0.00000152. The Kier molecular flexibility index (Phi) is 75.9. The fraction of sp³-hybridized carbons (Fsp3) is 0.808. The number of nitrogens with zero attached hydrogens (tertiary/aromatic N) is 4. The highest BCUT2D eigenvalue weighted by Crippen LogP contribution is 2.32. The number of carbonyl (C=O) groups excluding carboxylic acids is 6. The zero-order chi connectivity index (χ0) is 100. The molecule has 27 heteroatoms. The monoisotopic (exact) mass is 1850 g/mol. The maximum atomic E-state index is 12.8. The van der Waals surface area contributed by atoms with E-state index in [1.807, 2.05) is 102 Å². The lowest BCUT2D eigenvalue weighted by molar-refractivity contribution is -0.140. The van der Waals surface area contributed by atoms with E-state index in [2.05, 4.69) is 181 Å². The van der Waals surface area contributed by atoms with Crippen molar-refractivity contribution in [3.63, 3.8) is 0 Å². The Bertz CT molecular complexity index is 3290. The molecule has 2 aromatic rings. The topological polar surface area (TPSA) is 362 Å². The van der Waals surface area contributed by atoms with E-state index >= 15 is 0 Å². The highest BCUT2D eigenvalue weighted by Gasteiger charge is 2.30. The molecule has 1 aromatic heterocycles. The van der Waals surface area contributed by atoms with Gasteiger partial charge in [-0.15, -0.1) is 0 Å². The average Bonchev–Trinajstić information content (AvgIpc) is 1.69. The summed E-state index contributed by atoms with van der Waals surface area (Å²) < 4.78 is 21.6. The molecule has 1 aliphatic rings. The van der Waals surface area contributed by atoms with Gasteiger partial charge in [-0.1, -0.05) is 181 Å². The smallest absolute Gasteiger partial charge is 0.320 e. The maximum absolute atomic E-state index is 12.8. The van der Waals surface area contributed by atoms with Gasteiger partial charge in [0.05, 0.1) is 45.0 Å². The highest BCUT2D eigenvalue weighted by molar-refractivity contribution is 5.86. The molecule has 762 valence electrons. The van der Waals surface area contributed by atoms with Crippen molar-refractivity contribution in [2.45, 2.75) is 383 Å². The molecule has 7 atom stereocenters. The van der Waals surface area contributed by atoms with Crippen LogP contribution in [0.1, 0.15) is 332 Å². The number of ether oxygens (including phenoxy) is 4. The maximum Gasteiger partial charge on any atom is 0.320 e. The summed E-state index contributed by atoms with van der Waals surface area (Å²) in [7, 11) is 5.91. The number of carbonyl (C=O) groups is 9. The molecule has 1 aromatic carbocycles. The number of unbranched alkanes of at least 4 members (excludes halogenated alkanes) is 7. The number of aliphatic carboxylic acids is 3. The number of aromatic nitrogens is 2. The lowest BCUT2D eigenvalue weighted by Gasteiger charge is -2.26. The Labute approximate surface area is 796 Å². The van der Waals surface area contributed by atoms with Crippen LogP contribution in [-0.4, -0.2) is 248 Å². The number of rotatable bonds is 66. The van der Waals surface area contributed by atoms with Gasteiger partial charge >= 0.3 is 17.9 Å². The number of hydrogen-bond donors (Lipinski definition) is 10. The van der Waals surface area contributed by atoms with Crippen LogP contribution in [0.2, 0.25) is 0 Å². The van der Waals surface area contributed by atoms with E-state index in [4.69, 9.17) is 24.1 Å². The van der Waals surface area contributed by atoms with E-state index in [1.54, 1.807) is 24.3 Å². The van der Waals surface area contributed by atoms with Crippen LogP contribution in [-0.2, 0) is 74.9 Å². The van der Waals surface area contributed by atoms with E-state index in [1.165, 1.54) is 16.7 Å². The van der Waals surface area contributed by atoms with Gasteiger partial charge in [0, 0.05) is 139 Å². The number of Topliss-reactive ketones (excluding diaryl/α,β-unsaturated/α-hetero) is 1. The molecule has 1 aliphatic carbocycles. The summed E-state index contributed by atoms with van der Waals surface area (Å²) in [6, 6.07) is 7.85. The van der Waals surface area contributed by atoms with Gasteiger partial charge in [0.25, 0.3) is 0 Å². The molecule has 0 radical (unpaired) electrons. The van der Waals surface area contributed by atoms with Crippen LogP contribution in [0.4, 0.5) is 0 Å². The first-order valence-electron chi connectivity index (χ1n) is 50.1. The molecule has 0 spiro atoms. The Hall–Kier alpha value is -6.72. The number of carboxylic acid groups (broad SMARTS) is 3. The van der Waals surface area contributed by atoms with Crippen LogP contribution in [0.5, 0.6) is 0 Å². The molecule has 27 nitrogen and oxygen atoms in total. The quantitative estimate of drug-likeness (QED) is 0.0275. The molecule has 0 aliphatic heterocycles. The van der Waals surface area contributed by atoms with Crippen LogP contribution < -0.4 is 31.9 Å². The van der Waals surface area contributed by atoms with Crippen molar-refractivity contribution >= 4 is 59.3 Å². The number of amides is 5. The van der Waals surface area contributed by atoms with Crippen molar-refractivity contribution in [1.82, 2.24) is 56.6 Å². The number of H-pyrrole nitrogens is 1. The number of ketones is 1. The molecule has 1 heterocycles. The van der Waals surface area contributed by atoms with Crippen LogP contribution >= 0.6 is 0 Å². The third-order valence-electron chi connectivity index (χ3n) is 22.5. The molecular formula is C104H195N11O16. The van der Waals surface area contributed by atoms with Crippen LogP contribution in [0, 0.1) is 65.1 Å². The second-order valence-electron chi connectivity index (χ2n) is 40.2. The van der Waals surface area contributed by atoms with E-state index in [-0.39, 0.29) is 101 Å². The van der Waals surface area contributed by atoms with E-state index in [0.29, 0.717) is 120 Å². The normalized spacial score (nSPS) is 13.5. The minimum atomic E-state index is -0.822. The predicted octanol–water partition coefficient (Wildman–Crippen LogP) is 17.8. The van der Waals surface area contributed by atoms with Crippen LogP contribution in [0.25, 0.3) is 6.08 Å². The first kappa shape index (κ1) is 128. The summed E-state index contributed by atoms with van der Waals surface area (Å²) in [5.41, 5.74) is 4.89. The fourth-order valence-corrected chi connectivity index (χ4v) is 14.4. The van der Waals surface area contributed by atoms with Gasteiger partial charge in [-0.2, -0.15) is 0 Å². The number of carboxylic acids is 3. The molecule has 10 N–H and O–H groups in total. The van der Waals surface area contributed by atoms with Crippen molar-refractivity contribution < 1.29 is 77.4 Å². The zero-order valence-corrected chi connectivity index (χ0v) is 88.1. The number of aromatic amines is 1. The SMILES string of the molecule is CC(=O)C[C@H](C(=O)N(C)CCCCCN(C)C(C)C)C(C)C.CC(C)CC(=O)N(C)CCCCCOC(C)C.CC(C)CCOCCOCCOC(C)C.CC(C)C[C@H](C(=O)NCCCC[C@H](NC(C)C)C(=O)O)C(C)C.CC(C)N[C@@H](CCCCNC(=O)[C@@H](CC1=Cc2ccccc2C1)C(C)C)C(=O)O.CC(C)N[C@@H](CCCCNC(=O)[C@@H](Cc1cnc[nH]1)C(C)C)C(=O)O. The van der Waals surface area contributed by atoms with E-state index in [0.717, 1.165) is 141 Å². The van der Waals surface area contributed by atoms with Crippen molar-refractivity contribution in [2.24, 2.45) is 65.1 Å². The lowest BCUT2D eigenvalue weighted by Crippen LogP contribution is -2.41. The second-order valence-corrected chi connectivity index (χ2v) is 40.2. The van der Waals surface area contributed by atoms with Crippen molar-refractivity contribution in [3.8, 4) is 0 Å². The molecule has 0 unspecified atom stereocenters. The van der Waals surface area contributed by atoms with Gasteiger partial charge in [-0.3, -0.25) is 38.4 Å². The molecule has 0 bridgehead atoms. The molecule has 0 saturated carbocycles. The first-order valence-corrected chi connectivity index (χ1v) is 50.1. The predicted molar refractivity (Wildman–Crippen MR) is 536 cm³/mol. The Morgan fingerprint density at radius 2 is 0.855 bits per heavy atom. The first-order chi connectivity index (χ1) is 61.4. The van der Waals surface area contributed by atoms with Gasteiger partial charge in [-0.25, -0.2) is 4.98 Å². The molecule has 0 fully saturated rings. The minimum Gasteiger partial charge on any atom is -0.480 e. The number of fused-ring (bicyclic) bond motifs is 1. The van der Waals surface area contributed by atoms with Crippen LogP contribution in [0.15, 0.2) is 42.4 Å². The standard InChI is InChI=1S/C24H36N2O3.C18H32N4O3.C18H36N2O3.C18H36N2O2.C14H29NO2.C12H26O3/c1-16(2)21(15-18-13-19-9-5-6-10-20(19)14-18)23(27)25-12-8-7-11-22(24(28)29)26-17(3)4;1-12(2)15(9-14-10-19-11-21-14)17(23)20-8-6-5-7-16(18(24)25)22-13(3)4;1-12(2)11-15(13(3)4)17(21)19-10-8-7-9-16(18(22)23)20-14(5)6;1-14(2)17(13-16(5)21)18(22)20(7)12-10-8-9-11-19(6)15(3)4;1-12(2)11-14(16)15(5)9-7-6-8-10-17-13(3)4;1-11(2)5-6-13-7-8-14-9-10-15-12(3)4/h5-6,9-10,13,16-17,21-22,26H,7-8,11-12,14-15H2,1-4H3,(H,25,27)(H,28,29);10-13,15-16,22H,5-9H2,1-4H3,(H,19,21)(H,20,23)(H,24,25);12-16,20H,7-11H2,1-6H3,(H,19,21)(H,22,23);14-15,17H,8-13H2,1-7H3;12-13H,6-11H2,1-5H3;11-12H,5-10H2,1-4H3/t21-,22-;2*15-,16-;17-;;/m0000../s1. The second kappa shape index (κ2) is 77.4. The largest absolute Gasteiger partial charge is 0.480 e. The highest BCUT2D eigenvalue weighted by atomic mass is 16.5. The fourth-order valence-electron chi connectivity index (χ4n) is 14.4. The minimum absolute atomic E-state index is 0.0371. The number of imidazole rings is 1. The van der Waals surface area contributed by atoms with E-state index < -0.39 is 36.0 Å². The summed E-state index contributed by atoms with van der Waals surface area (Å²) in [5, 5.41) is 45.8. The number of nitrogens with one attached hydrogen (secondary N) is 7. The van der Waals surface area contributed by atoms with Crippen molar-refractivity contribution in [3.05, 3.63) is 59.2 Å². The molecule has 5 amide bonds. The van der Waals surface area contributed by atoms with Gasteiger partial charge in [-0.05, 0) is 230 Å². The Morgan fingerprint density at radius 3 is 1.25 bits per heavy atom. The molecular weight excluding hydrogens is 1660 g/mol. The average molecular weight is 1860 g/mol. The molecule has 0 saturated heterocycles. The summed E-state index contributed by atoms with van der Waals surface area (Å²) in [6.45, 7) is 63.9. The van der Waals surface area contributed by atoms with E-state index in [9.17, 15) is 53.4 Å². The van der Waals surface area contributed by atoms with Crippen molar-refractivity contribution in [2.75, 3.05) is 100 Å². The zero-order valence-electron chi connectivity index (χ0n) is 88.1. The Morgan fingerprint density at radius 1 is 0.435 bits per heavy atom. The summed E-state index contributed by atoms with van der Waals surface area (Å²) >= 11 is 0. The summed E-state index contributed by atoms with van der Waals surface area (Å²) in [6.07, 6.45) is 24.6. The molecule has 131 heavy (non-hydrogen) atoms. The molecule has 3 rings (SSSR count). The van der Waals surface area contributed by atoms with Gasteiger partial charge < -0.3 is 90.6 Å². The third-order valence-corrected chi connectivity index (χ3v) is 22.5. The summed E-state index contributed by atoms with van der Waals surface area (Å²) in [4.78, 5) is 119. The van der Waals surface area contributed by atoms with Gasteiger partial charge in [0.15, 0.2) is 0 Å². The van der Waals surface area contributed by atoms with Gasteiger partial charge in [0.1, 0.15) is 23.9 Å². The number of benzene rings is 1. The number of allylic oxidation sites excluding steroid dienone is 1. The van der Waals surface area contributed by atoms with Gasteiger partial charge in [0.2, 0.25) is 29.5 Å². The third kappa shape index (κ3) is 70.6.